The van der Waals surface area contributed by atoms with Crippen LogP contribution in [0.2, 0.25) is 0 Å². The quantitative estimate of drug-likeness (QED) is 0.194. The number of fused-ring (bicyclic) bond motifs is 1. The van der Waals surface area contributed by atoms with E-state index in [1.165, 1.54) is 0 Å². The van der Waals surface area contributed by atoms with Crippen LogP contribution < -0.4 is 11.3 Å². The SMILES string of the molecule is C#C[C@]1(n2cc(F)c3c(=O)[nH]c(N)nc32)CC[C@@](F)(COP(=O)(O)OP(=O)(O)OP(=O)(O)O)O1. The molecule has 16 nitrogen and oxygen atoms in total. The number of nitrogens with one attached hydrogen (secondary N) is 1. The Hall–Kier alpha value is -1.99. The summed E-state index contributed by atoms with van der Waals surface area (Å²) in [5.74, 6) is -2.40. The number of nitrogen functional groups attached to an aromatic ring is 1. The summed E-state index contributed by atoms with van der Waals surface area (Å²) in [6, 6.07) is 0. The largest absolute Gasteiger partial charge is 0.490 e. The van der Waals surface area contributed by atoms with Gasteiger partial charge in [0.05, 0.1) is 0 Å². The first-order valence-electron chi connectivity index (χ1n) is 8.62. The number of phosphoric ester groups is 1. The van der Waals surface area contributed by atoms with Gasteiger partial charge >= 0.3 is 23.5 Å². The summed E-state index contributed by atoms with van der Waals surface area (Å²) in [4.78, 5) is 53.5. The Morgan fingerprint density at radius 2 is 1.91 bits per heavy atom. The van der Waals surface area contributed by atoms with Crippen LogP contribution in [0.25, 0.3) is 11.0 Å². The Morgan fingerprint density at radius 1 is 1.26 bits per heavy atom. The normalized spacial score (nSPS) is 26.7. The molecule has 0 amide bonds. The molecule has 0 radical (unpaired) electrons. The predicted octanol–water partition coefficient (Wildman–Crippen LogP) is 0.551. The van der Waals surface area contributed by atoms with E-state index in [-0.39, 0.29) is 0 Å². The van der Waals surface area contributed by atoms with E-state index in [0.29, 0.717) is 6.20 Å². The third-order valence-electron chi connectivity index (χ3n) is 4.29. The molecule has 1 aliphatic rings. The minimum Gasteiger partial charge on any atom is -0.369 e. The molecule has 0 aromatic carbocycles. The Morgan fingerprint density at radius 3 is 2.50 bits per heavy atom. The summed E-state index contributed by atoms with van der Waals surface area (Å²) in [6.45, 7) is -1.46. The second-order valence-corrected chi connectivity index (χ2v) is 11.2. The Labute approximate surface area is 187 Å². The molecule has 21 heteroatoms. The summed E-state index contributed by atoms with van der Waals surface area (Å²) in [7, 11) is -17.1. The second-order valence-electron chi connectivity index (χ2n) is 6.78. The smallest absolute Gasteiger partial charge is 0.369 e. The van der Waals surface area contributed by atoms with Gasteiger partial charge in [0.2, 0.25) is 17.5 Å². The van der Waals surface area contributed by atoms with E-state index in [1.54, 1.807) is 0 Å². The fourth-order valence-electron chi connectivity index (χ4n) is 3.07. The topological polar surface area (TPSA) is 246 Å². The number of aromatic nitrogens is 3. The molecule has 2 aromatic heterocycles. The number of hydrogen-bond acceptors (Lipinski definition) is 10. The van der Waals surface area contributed by atoms with Crippen molar-refractivity contribution in [1.82, 2.24) is 14.5 Å². The van der Waals surface area contributed by atoms with Crippen LogP contribution in [0, 0.1) is 18.2 Å². The van der Waals surface area contributed by atoms with Gasteiger partial charge in [0.25, 0.3) is 5.56 Å². The molecule has 34 heavy (non-hydrogen) atoms. The molecule has 1 fully saturated rings. The maximum Gasteiger partial charge on any atom is 0.490 e. The number of nitrogens with zero attached hydrogens (tertiary/aromatic N) is 2. The lowest BCUT2D eigenvalue weighted by atomic mass is 10.1. The molecule has 3 rings (SSSR count). The molecule has 0 spiro atoms. The first kappa shape index (κ1) is 26.6. The fraction of sp³-hybridized carbons (Fsp3) is 0.385. The number of anilines is 1. The average Bonchev–Trinajstić information content (AvgIpc) is 3.16. The van der Waals surface area contributed by atoms with Crippen LogP contribution in [0.5, 0.6) is 0 Å². The van der Waals surface area contributed by atoms with Crippen molar-refractivity contribution in [3.8, 4) is 12.3 Å². The van der Waals surface area contributed by atoms with E-state index in [2.05, 4.69) is 29.0 Å². The summed E-state index contributed by atoms with van der Waals surface area (Å²) in [5.41, 5.74) is 1.99. The number of phosphoric acid groups is 3. The third-order valence-corrected chi connectivity index (χ3v) is 8.07. The molecule has 7 N–H and O–H groups in total. The number of rotatable bonds is 8. The Bertz CT molecular complexity index is 1380. The van der Waals surface area contributed by atoms with Gasteiger partial charge in [0, 0.05) is 19.0 Å². The van der Waals surface area contributed by atoms with Gasteiger partial charge in [-0.2, -0.15) is 13.6 Å². The zero-order chi connectivity index (χ0) is 25.7. The van der Waals surface area contributed by atoms with Crippen molar-refractivity contribution >= 4 is 40.4 Å². The van der Waals surface area contributed by atoms with E-state index in [1.807, 2.05) is 0 Å². The molecule has 1 saturated heterocycles. The van der Waals surface area contributed by atoms with Gasteiger partial charge < -0.3 is 30.0 Å². The van der Waals surface area contributed by atoms with Crippen molar-refractivity contribution in [3.63, 3.8) is 0 Å². The molecular weight excluding hydrogens is 535 g/mol. The number of aromatic amines is 1. The number of hydrogen-bond donors (Lipinski definition) is 6. The van der Waals surface area contributed by atoms with Crippen LogP contribution in [-0.2, 0) is 37.3 Å². The standard InChI is InChI=1S/C13H15F2N4O12P3/c1-2-13(19-5-7(14)8-9(19)17-11(16)18-10(8)20)4-3-12(15,29-13)6-28-33(24,25)31-34(26,27)30-32(21,22)23/h1,5H,3-4,6H2,(H,24,25)(H,26,27)(H2,21,22,23)(H3,16,17,18,20)/t12-,13+/m0/s1. The summed E-state index contributed by atoms with van der Waals surface area (Å²) >= 11 is 0. The van der Waals surface area contributed by atoms with Gasteiger partial charge in [0.15, 0.2) is 11.5 Å². The minimum atomic E-state index is -5.83. The number of alkyl halides is 1. The Balaban J connectivity index is 1.83. The third kappa shape index (κ3) is 5.62. The van der Waals surface area contributed by atoms with Gasteiger partial charge in [0.1, 0.15) is 12.0 Å². The first-order valence-corrected chi connectivity index (χ1v) is 13.1. The second kappa shape index (κ2) is 8.59. The number of H-pyrrole nitrogens is 1. The first-order chi connectivity index (χ1) is 15.4. The van der Waals surface area contributed by atoms with Crippen LogP contribution >= 0.6 is 23.5 Å². The van der Waals surface area contributed by atoms with Gasteiger partial charge in [-0.1, -0.05) is 0 Å². The lowest BCUT2D eigenvalue weighted by Crippen LogP contribution is -2.37. The van der Waals surface area contributed by atoms with Crippen molar-refractivity contribution < 1.29 is 59.9 Å². The van der Waals surface area contributed by atoms with Gasteiger partial charge in [-0.25, -0.2) is 22.5 Å². The van der Waals surface area contributed by atoms with Crippen molar-refractivity contribution in [2.75, 3.05) is 12.3 Å². The maximum atomic E-state index is 15.2. The lowest BCUT2D eigenvalue weighted by Gasteiger charge is -2.28. The fourth-order valence-corrected chi connectivity index (χ4v) is 6.12. The van der Waals surface area contributed by atoms with Crippen molar-refractivity contribution in [1.29, 1.82) is 0 Å². The molecule has 1 aliphatic heterocycles. The zero-order valence-corrected chi connectivity index (χ0v) is 19.1. The number of nitrogens with two attached hydrogens (primary N) is 1. The molecule has 0 bridgehead atoms. The van der Waals surface area contributed by atoms with Crippen LogP contribution in [0.3, 0.4) is 0 Å². The Kier molecular flexibility index (Phi) is 6.73. The van der Waals surface area contributed by atoms with Crippen LogP contribution in [-0.4, -0.2) is 46.6 Å². The summed E-state index contributed by atoms with van der Waals surface area (Å²) < 4.78 is 80.7. The van der Waals surface area contributed by atoms with E-state index >= 15 is 4.39 Å². The molecule has 188 valence electrons. The van der Waals surface area contributed by atoms with Crippen LogP contribution in [0.15, 0.2) is 11.0 Å². The highest BCUT2D eigenvalue weighted by Gasteiger charge is 2.53. The van der Waals surface area contributed by atoms with Crippen molar-refractivity contribution in [2.45, 2.75) is 24.4 Å². The number of ether oxygens (including phenoxy) is 1. The molecule has 2 aromatic rings. The highest BCUT2D eigenvalue weighted by Crippen LogP contribution is 2.66. The highest BCUT2D eigenvalue weighted by atomic mass is 31.3. The molecule has 4 atom stereocenters. The van der Waals surface area contributed by atoms with E-state index in [0.717, 1.165) is 4.57 Å². The molecule has 0 aliphatic carbocycles. The lowest BCUT2D eigenvalue weighted by molar-refractivity contribution is -0.198. The monoisotopic (exact) mass is 550 g/mol. The van der Waals surface area contributed by atoms with E-state index in [4.69, 9.17) is 31.6 Å². The van der Waals surface area contributed by atoms with Crippen LogP contribution in [0.1, 0.15) is 12.8 Å². The van der Waals surface area contributed by atoms with E-state index < -0.39 is 82.9 Å². The van der Waals surface area contributed by atoms with Crippen molar-refractivity contribution in [3.05, 3.63) is 22.4 Å². The summed E-state index contributed by atoms with van der Waals surface area (Å²) in [6.07, 6.45) is 5.12. The maximum absolute atomic E-state index is 15.2. The minimum absolute atomic E-state index is 0.395. The van der Waals surface area contributed by atoms with Crippen LogP contribution in [0.4, 0.5) is 14.7 Å². The van der Waals surface area contributed by atoms with Gasteiger partial charge in [-0.3, -0.25) is 18.9 Å². The average molecular weight is 550 g/mol. The zero-order valence-electron chi connectivity index (χ0n) is 16.4. The molecule has 3 heterocycles. The number of halogens is 2. The molecular formula is C13H15F2N4O12P3. The van der Waals surface area contributed by atoms with E-state index in [9.17, 15) is 27.8 Å². The number of terminal acetylenes is 1. The van der Waals surface area contributed by atoms with Gasteiger partial charge in [-0.15, -0.1) is 6.42 Å². The molecule has 0 saturated carbocycles. The highest BCUT2D eigenvalue weighted by molar-refractivity contribution is 7.66. The van der Waals surface area contributed by atoms with Crippen molar-refractivity contribution in [2.24, 2.45) is 0 Å². The van der Waals surface area contributed by atoms with Gasteiger partial charge in [-0.05, 0) is 5.92 Å². The molecule has 2 unspecified atom stereocenters. The predicted molar refractivity (Wildman–Crippen MR) is 106 cm³/mol. The summed E-state index contributed by atoms with van der Waals surface area (Å²) in [5, 5.41) is -0.558.